The summed E-state index contributed by atoms with van der Waals surface area (Å²) in [6, 6.07) is 4.02. The first kappa shape index (κ1) is 17.5. The number of rotatable bonds is 4. The van der Waals surface area contributed by atoms with Gasteiger partial charge in [-0.25, -0.2) is 9.97 Å². The zero-order chi connectivity index (χ0) is 18.0. The third-order valence-electron chi connectivity index (χ3n) is 2.90. The van der Waals surface area contributed by atoms with Crippen LogP contribution in [0.4, 0.5) is 18.3 Å². The van der Waals surface area contributed by atoms with Gasteiger partial charge in [-0.15, -0.1) is 10.2 Å². The molecule has 0 spiro atoms. The predicted molar refractivity (Wildman–Crippen MR) is 88.6 cm³/mol. The number of hydrogen-bond donors (Lipinski definition) is 0. The quantitative estimate of drug-likeness (QED) is 0.636. The zero-order valence-electron chi connectivity index (χ0n) is 13.0. The summed E-state index contributed by atoms with van der Waals surface area (Å²) in [6.07, 6.45) is -1.63. The molecule has 0 unspecified atom stereocenters. The minimum absolute atomic E-state index is 0.0166. The van der Waals surface area contributed by atoms with Crippen LogP contribution in [0.3, 0.4) is 0 Å². The standard InChI is InChI=1S/C14H11F3N6S2/c1-23(2)12-21-22-13(25-12)24-10-7-9(14(15,16)17)19-11(20-10)8-3-5-18-6-4-8/h3-7H,1-2H3. The smallest absolute Gasteiger partial charge is 0.353 e. The molecule has 3 aromatic heterocycles. The zero-order valence-corrected chi connectivity index (χ0v) is 14.7. The lowest BCUT2D eigenvalue weighted by Crippen LogP contribution is -2.10. The summed E-state index contributed by atoms with van der Waals surface area (Å²) in [5, 5.41) is 8.73. The van der Waals surface area contributed by atoms with Crippen LogP contribution in [0.2, 0.25) is 0 Å². The normalized spacial score (nSPS) is 11.6. The molecule has 0 aliphatic heterocycles. The highest BCUT2D eigenvalue weighted by Gasteiger charge is 2.34. The van der Waals surface area contributed by atoms with Gasteiger partial charge in [-0.1, -0.05) is 11.3 Å². The minimum Gasteiger partial charge on any atom is -0.353 e. The average molecular weight is 384 g/mol. The molecule has 0 aliphatic rings. The summed E-state index contributed by atoms with van der Waals surface area (Å²) in [5.41, 5.74) is -0.552. The maximum Gasteiger partial charge on any atom is 0.433 e. The Morgan fingerprint density at radius 2 is 1.80 bits per heavy atom. The number of pyridine rings is 1. The number of alkyl halides is 3. The number of anilines is 1. The van der Waals surface area contributed by atoms with Crippen molar-refractivity contribution in [2.75, 3.05) is 19.0 Å². The lowest BCUT2D eigenvalue weighted by Gasteiger charge is -2.09. The molecule has 0 saturated heterocycles. The van der Waals surface area contributed by atoms with Gasteiger partial charge in [0.05, 0.1) is 0 Å². The Balaban J connectivity index is 2.00. The van der Waals surface area contributed by atoms with E-state index in [2.05, 4.69) is 25.1 Å². The van der Waals surface area contributed by atoms with E-state index in [1.807, 2.05) is 14.1 Å². The molecule has 0 radical (unpaired) electrons. The van der Waals surface area contributed by atoms with Crippen molar-refractivity contribution in [1.82, 2.24) is 25.1 Å². The van der Waals surface area contributed by atoms with Gasteiger partial charge in [-0.3, -0.25) is 4.98 Å². The summed E-state index contributed by atoms with van der Waals surface area (Å²) in [6.45, 7) is 0. The van der Waals surface area contributed by atoms with Crippen LogP contribution in [-0.4, -0.2) is 39.2 Å². The molecule has 3 heterocycles. The van der Waals surface area contributed by atoms with E-state index in [1.165, 1.54) is 23.7 Å². The molecule has 0 aromatic carbocycles. The van der Waals surface area contributed by atoms with Crippen LogP contribution in [0.5, 0.6) is 0 Å². The van der Waals surface area contributed by atoms with Crippen LogP contribution in [0.25, 0.3) is 11.4 Å². The third kappa shape index (κ3) is 4.23. The van der Waals surface area contributed by atoms with Crippen LogP contribution < -0.4 is 4.90 Å². The molecule has 3 rings (SSSR count). The Morgan fingerprint density at radius 1 is 1.08 bits per heavy atom. The molecule has 0 aliphatic carbocycles. The average Bonchev–Trinajstić information content (AvgIpc) is 3.03. The van der Waals surface area contributed by atoms with E-state index in [1.54, 1.807) is 17.0 Å². The van der Waals surface area contributed by atoms with Crippen molar-refractivity contribution in [2.24, 2.45) is 0 Å². The van der Waals surface area contributed by atoms with E-state index in [-0.39, 0.29) is 10.9 Å². The molecule has 3 aromatic rings. The van der Waals surface area contributed by atoms with Crippen LogP contribution in [-0.2, 0) is 6.18 Å². The third-order valence-corrected chi connectivity index (χ3v) is 4.96. The molecular formula is C14H11F3N6S2. The monoisotopic (exact) mass is 384 g/mol. The van der Waals surface area contributed by atoms with Crippen LogP contribution >= 0.6 is 23.1 Å². The van der Waals surface area contributed by atoms with Crippen molar-refractivity contribution >= 4 is 28.2 Å². The molecule has 0 amide bonds. The lowest BCUT2D eigenvalue weighted by atomic mass is 10.2. The minimum atomic E-state index is -4.57. The van der Waals surface area contributed by atoms with Crippen molar-refractivity contribution in [3.8, 4) is 11.4 Å². The molecule has 25 heavy (non-hydrogen) atoms. The van der Waals surface area contributed by atoms with E-state index in [0.29, 0.717) is 15.0 Å². The second-order valence-electron chi connectivity index (χ2n) is 5.00. The molecule has 130 valence electrons. The first-order valence-electron chi connectivity index (χ1n) is 6.88. The summed E-state index contributed by atoms with van der Waals surface area (Å²) in [5.74, 6) is -0.0166. The highest BCUT2D eigenvalue weighted by Crippen LogP contribution is 2.36. The number of hydrogen-bond acceptors (Lipinski definition) is 8. The largest absolute Gasteiger partial charge is 0.433 e. The fourth-order valence-corrected chi connectivity index (χ4v) is 3.48. The molecule has 6 nitrogen and oxygen atoms in total. The van der Waals surface area contributed by atoms with E-state index < -0.39 is 11.9 Å². The summed E-state index contributed by atoms with van der Waals surface area (Å²) in [4.78, 5) is 13.5. The molecular weight excluding hydrogens is 373 g/mol. The van der Waals surface area contributed by atoms with Gasteiger partial charge in [0.1, 0.15) is 10.7 Å². The molecule has 0 bridgehead atoms. The Labute approximate surface area is 149 Å². The van der Waals surface area contributed by atoms with Crippen molar-refractivity contribution in [3.05, 3.63) is 36.3 Å². The second kappa shape index (κ2) is 6.92. The second-order valence-corrected chi connectivity index (χ2v) is 7.22. The van der Waals surface area contributed by atoms with Gasteiger partial charge in [-0.2, -0.15) is 13.2 Å². The van der Waals surface area contributed by atoms with Gasteiger partial charge < -0.3 is 4.90 Å². The van der Waals surface area contributed by atoms with Crippen molar-refractivity contribution in [3.63, 3.8) is 0 Å². The highest BCUT2D eigenvalue weighted by molar-refractivity contribution is 8.01. The predicted octanol–water partition coefficient (Wildman–Crippen LogP) is 3.63. The Kier molecular flexibility index (Phi) is 4.86. The Morgan fingerprint density at radius 3 is 2.40 bits per heavy atom. The van der Waals surface area contributed by atoms with Crippen molar-refractivity contribution < 1.29 is 13.2 Å². The maximum absolute atomic E-state index is 13.2. The fourth-order valence-electron chi connectivity index (χ4n) is 1.77. The topological polar surface area (TPSA) is 67.7 Å². The maximum atomic E-state index is 13.2. The van der Waals surface area contributed by atoms with Gasteiger partial charge in [0.25, 0.3) is 0 Å². The molecule has 11 heteroatoms. The fraction of sp³-hybridized carbons (Fsp3) is 0.214. The SMILES string of the molecule is CN(C)c1nnc(Sc2cc(C(F)(F)F)nc(-c3ccncc3)n2)s1. The van der Waals surface area contributed by atoms with Gasteiger partial charge in [0.2, 0.25) is 5.13 Å². The first-order chi connectivity index (χ1) is 11.8. The van der Waals surface area contributed by atoms with Crippen LogP contribution in [0.15, 0.2) is 40.0 Å². The van der Waals surface area contributed by atoms with E-state index in [0.717, 1.165) is 17.8 Å². The molecule has 0 atom stereocenters. The number of nitrogens with zero attached hydrogens (tertiary/aromatic N) is 6. The lowest BCUT2D eigenvalue weighted by molar-refractivity contribution is -0.141. The molecule has 0 fully saturated rings. The molecule has 0 N–H and O–H groups in total. The van der Waals surface area contributed by atoms with Crippen LogP contribution in [0.1, 0.15) is 5.69 Å². The Hall–Kier alpha value is -2.27. The van der Waals surface area contributed by atoms with E-state index in [9.17, 15) is 13.2 Å². The number of halogens is 3. The highest BCUT2D eigenvalue weighted by atomic mass is 32.2. The first-order valence-corrected chi connectivity index (χ1v) is 8.51. The van der Waals surface area contributed by atoms with Gasteiger partial charge in [-0.05, 0) is 23.9 Å². The number of aromatic nitrogens is 5. The summed E-state index contributed by atoms with van der Waals surface area (Å²) >= 11 is 2.28. The van der Waals surface area contributed by atoms with Gasteiger partial charge in [0, 0.05) is 38.1 Å². The van der Waals surface area contributed by atoms with Gasteiger partial charge in [0.15, 0.2) is 10.2 Å². The molecule has 0 saturated carbocycles. The van der Waals surface area contributed by atoms with E-state index >= 15 is 0 Å². The van der Waals surface area contributed by atoms with Gasteiger partial charge >= 0.3 is 6.18 Å². The Bertz CT molecular complexity index is 867. The van der Waals surface area contributed by atoms with E-state index in [4.69, 9.17) is 0 Å². The van der Waals surface area contributed by atoms with Crippen LogP contribution in [0, 0.1) is 0 Å². The van der Waals surface area contributed by atoms with Crippen molar-refractivity contribution in [1.29, 1.82) is 0 Å². The summed E-state index contributed by atoms with van der Waals surface area (Å²) in [7, 11) is 3.62. The van der Waals surface area contributed by atoms with Crippen molar-refractivity contribution in [2.45, 2.75) is 15.5 Å². The summed E-state index contributed by atoms with van der Waals surface area (Å²) < 4.78 is 40.0.